The Hall–Kier alpha value is -4.53. The number of benzene rings is 2. The van der Waals surface area contributed by atoms with E-state index in [1.165, 1.54) is 0 Å². The molecule has 2 bridgehead atoms. The van der Waals surface area contributed by atoms with E-state index < -0.39 is 5.97 Å². The van der Waals surface area contributed by atoms with Gasteiger partial charge in [0.1, 0.15) is 0 Å². The number of aromatic carboxylic acids is 1. The predicted octanol–water partition coefficient (Wildman–Crippen LogP) is 3.68. The van der Waals surface area contributed by atoms with Gasteiger partial charge in [-0.05, 0) is 46.6 Å². The summed E-state index contributed by atoms with van der Waals surface area (Å²) in [4.78, 5) is 16.7. The second kappa shape index (κ2) is 7.27. The van der Waals surface area contributed by atoms with Gasteiger partial charge in [0, 0.05) is 5.57 Å². The molecule has 0 aliphatic heterocycles. The molecule has 9 heteroatoms. The lowest BCUT2D eigenvalue weighted by atomic mass is 9.68. The van der Waals surface area contributed by atoms with Crippen molar-refractivity contribution in [3.63, 3.8) is 0 Å². The highest BCUT2D eigenvalue weighted by molar-refractivity contribution is 6.07. The van der Waals surface area contributed by atoms with Crippen molar-refractivity contribution in [3.8, 4) is 6.01 Å². The third-order valence-electron chi connectivity index (χ3n) is 5.94. The molecule has 2 N–H and O–H groups in total. The van der Waals surface area contributed by atoms with Gasteiger partial charge in [0.15, 0.2) is 0 Å². The molecule has 4 aromatic rings. The fourth-order valence-electron chi connectivity index (χ4n) is 4.65. The van der Waals surface area contributed by atoms with Crippen LogP contribution in [0.15, 0.2) is 71.8 Å². The Morgan fingerprint density at radius 3 is 2.73 bits per heavy atom. The van der Waals surface area contributed by atoms with Crippen LogP contribution in [0.2, 0.25) is 0 Å². The molecule has 0 fully saturated rings. The van der Waals surface area contributed by atoms with Crippen LogP contribution in [0.25, 0.3) is 22.2 Å². The van der Waals surface area contributed by atoms with Crippen molar-refractivity contribution in [2.75, 3.05) is 6.61 Å². The van der Waals surface area contributed by atoms with Crippen molar-refractivity contribution in [1.82, 2.24) is 30.2 Å². The molecular weight excluding hydrogens is 420 g/mol. The summed E-state index contributed by atoms with van der Waals surface area (Å²) >= 11 is 0. The molecule has 0 radical (unpaired) electrons. The highest BCUT2D eigenvalue weighted by atomic mass is 16.5. The number of aromatic amines is 1. The second-order valence-electron chi connectivity index (χ2n) is 7.67. The minimum atomic E-state index is -1.02. The van der Waals surface area contributed by atoms with Gasteiger partial charge in [0.2, 0.25) is 5.82 Å². The highest BCUT2D eigenvalue weighted by Crippen LogP contribution is 2.58. The highest BCUT2D eigenvalue weighted by Gasteiger charge is 2.45. The molecule has 6 rings (SSSR count). The van der Waals surface area contributed by atoms with Gasteiger partial charge in [-0.1, -0.05) is 48.6 Å². The second-order valence-corrected chi connectivity index (χ2v) is 7.67. The van der Waals surface area contributed by atoms with Crippen molar-refractivity contribution in [3.05, 3.63) is 88.8 Å². The lowest BCUT2D eigenvalue weighted by molar-refractivity contribution is 0.0698. The predicted molar refractivity (Wildman–Crippen MR) is 120 cm³/mol. The van der Waals surface area contributed by atoms with Gasteiger partial charge in [-0.2, -0.15) is 10.2 Å². The zero-order valence-electron chi connectivity index (χ0n) is 17.6. The number of carboxylic acid groups (broad SMARTS) is 1. The Morgan fingerprint density at radius 2 is 2.00 bits per heavy atom. The number of tetrazole rings is 1. The summed E-state index contributed by atoms with van der Waals surface area (Å²) in [6.07, 6.45) is 4.09. The van der Waals surface area contributed by atoms with Gasteiger partial charge in [0.05, 0.1) is 29.2 Å². The summed E-state index contributed by atoms with van der Waals surface area (Å²) in [6.45, 7) is 2.28. The number of para-hydroxylation sites is 1. The summed E-state index contributed by atoms with van der Waals surface area (Å²) in [5, 5.41) is 24.6. The third-order valence-corrected chi connectivity index (χ3v) is 5.94. The first-order chi connectivity index (χ1) is 16.2. The number of carboxylic acids is 1. The molecular formula is C24H18N6O3. The zero-order chi connectivity index (χ0) is 22.5. The van der Waals surface area contributed by atoms with Crippen LogP contribution in [0.4, 0.5) is 0 Å². The molecule has 1 unspecified atom stereocenters. The van der Waals surface area contributed by atoms with E-state index in [0.717, 1.165) is 27.9 Å². The maximum Gasteiger partial charge on any atom is 0.337 e. The van der Waals surface area contributed by atoms with E-state index in [9.17, 15) is 9.90 Å². The Balaban J connectivity index is 1.63. The summed E-state index contributed by atoms with van der Waals surface area (Å²) in [5.41, 5.74) is 6.10. The number of nitrogens with one attached hydrogen (secondary N) is 1. The number of hydrogen-bond donors (Lipinski definition) is 2. The smallest absolute Gasteiger partial charge is 0.337 e. The van der Waals surface area contributed by atoms with Crippen LogP contribution in [0.5, 0.6) is 6.01 Å². The largest absolute Gasteiger partial charge is 0.478 e. The molecule has 2 aliphatic rings. The summed E-state index contributed by atoms with van der Waals surface area (Å²) < 4.78 is 7.76. The normalized spacial score (nSPS) is 16.9. The van der Waals surface area contributed by atoms with Crippen molar-refractivity contribution < 1.29 is 14.6 Å². The van der Waals surface area contributed by atoms with Gasteiger partial charge < -0.3 is 9.84 Å². The van der Waals surface area contributed by atoms with Crippen LogP contribution < -0.4 is 4.74 Å². The average Bonchev–Trinajstić information content (AvgIpc) is 3.48. The van der Waals surface area contributed by atoms with E-state index >= 15 is 0 Å². The molecule has 2 heterocycles. The molecule has 0 spiro atoms. The Kier molecular flexibility index (Phi) is 4.22. The van der Waals surface area contributed by atoms with Crippen LogP contribution in [0.3, 0.4) is 0 Å². The molecule has 9 nitrogen and oxygen atoms in total. The topological polar surface area (TPSA) is 119 Å². The van der Waals surface area contributed by atoms with E-state index in [1.54, 1.807) is 18.2 Å². The Labute approximate surface area is 187 Å². The molecule has 0 amide bonds. The number of allylic oxidation sites excluding steroid dienone is 6. The third kappa shape index (κ3) is 2.75. The number of fused-ring (bicyclic) bond motifs is 3. The maximum absolute atomic E-state index is 12.1. The van der Waals surface area contributed by atoms with Gasteiger partial charge in [0.25, 0.3) is 6.01 Å². The fraction of sp³-hybridized carbons (Fsp3) is 0.125. The van der Waals surface area contributed by atoms with Gasteiger partial charge in [-0.3, -0.25) is 4.57 Å². The maximum atomic E-state index is 12.1. The van der Waals surface area contributed by atoms with E-state index in [0.29, 0.717) is 29.5 Å². The SMILES string of the molecule is CCOc1nc2cccc(C(=O)O)c2n1C1c2ccc(-c3ccccc3)c1c2-c1nn[nH]n1. The molecule has 0 saturated heterocycles. The standard InChI is InChI=1S/C24H18N6O3/c1-2-33-24-25-17-10-6-9-16(23(31)32)20(17)30(24)21-15-12-11-14(13-7-4-3-5-8-13)18(21)19(15)22-26-28-29-27-22/h3-12,21H,2H2,1H3,(H,31,32)(H,26,27,28,29). The molecule has 33 heavy (non-hydrogen) atoms. The van der Waals surface area contributed by atoms with Gasteiger partial charge in [-0.25, -0.2) is 4.79 Å². The number of ether oxygens (including phenoxy) is 1. The number of nitrogens with zero attached hydrogens (tertiary/aromatic N) is 5. The van der Waals surface area contributed by atoms with Gasteiger partial charge >= 0.3 is 5.97 Å². The molecule has 2 aliphatic carbocycles. The van der Waals surface area contributed by atoms with E-state index in [4.69, 9.17) is 4.74 Å². The number of carbonyl (C=O) groups is 1. The minimum absolute atomic E-state index is 0.170. The van der Waals surface area contributed by atoms with Crippen molar-refractivity contribution in [2.45, 2.75) is 13.0 Å². The number of imidazole rings is 1. The molecule has 2 aromatic carbocycles. The number of rotatable bonds is 6. The lowest BCUT2D eigenvalue weighted by Crippen LogP contribution is -2.29. The molecule has 1 atom stereocenters. The molecule has 0 saturated carbocycles. The van der Waals surface area contributed by atoms with Crippen molar-refractivity contribution in [2.24, 2.45) is 0 Å². The summed E-state index contributed by atoms with van der Waals surface area (Å²) in [7, 11) is 0. The first-order valence-electron chi connectivity index (χ1n) is 10.5. The fourth-order valence-corrected chi connectivity index (χ4v) is 4.65. The van der Waals surface area contributed by atoms with Crippen molar-refractivity contribution in [1.29, 1.82) is 0 Å². The molecule has 2 aromatic heterocycles. The molecule has 162 valence electrons. The van der Waals surface area contributed by atoms with Crippen LogP contribution in [-0.2, 0) is 0 Å². The van der Waals surface area contributed by atoms with Crippen LogP contribution in [-0.4, -0.2) is 47.9 Å². The Bertz CT molecular complexity index is 1500. The number of H-pyrrole nitrogens is 1. The number of aromatic nitrogens is 6. The number of hydrogen-bond acceptors (Lipinski definition) is 6. The minimum Gasteiger partial charge on any atom is -0.478 e. The van der Waals surface area contributed by atoms with Gasteiger partial charge in [-0.15, -0.1) is 10.2 Å². The first kappa shape index (κ1) is 19.2. The lowest BCUT2D eigenvalue weighted by Gasteiger charge is -2.41. The zero-order valence-corrected chi connectivity index (χ0v) is 17.6. The van der Waals surface area contributed by atoms with E-state index in [1.807, 2.05) is 47.9 Å². The average molecular weight is 438 g/mol. The summed E-state index contributed by atoms with van der Waals surface area (Å²) in [5.74, 6) is -0.524. The van der Waals surface area contributed by atoms with Crippen LogP contribution in [0.1, 0.15) is 34.7 Å². The van der Waals surface area contributed by atoms with Crippen LogP contribution >= 0.6 is 0 Å². The van der Waals surface area contributed by atoms with E-state index in [2.05, 4.69) is 31.7 Å². The van der Waals surface area contributed by atoms with Crippen molar-refractivity contribution >= 4 is 28.1 Å². The van der Waals surface area contributed by atoms with Crippen LogP contribution in [0, 0.1) is 0 Å². The Morgan fingerprint density at radius 1 is 1.15 bits per heavy atom. The monoisotopic (exact) mass is 438 g/mol. The quantitative estimate of drug-likeness (QED) is 0.471. The summed E-state index contributed by atoms with van der Waals surface area (Å²) in [6, 6.07) is 15.2. The first-order valence-corrected chi connectivity index (χ1v) is 10.5. The van der Waals surface area contributed by atoms with E-state index in [-0.39, 0.29) is 11.6 Å².